The Hall–Kier alpha value is -3.94. The summed E-state index contributed by atoms with van der Waals surface area (Å²) in [5, 5.41) is 10.5. The second kappa shape index (κ2) is 9.74. The van der Waals surface area contributed by atoms with Gasteiger partial charge < -0.3 is 15.4 Å². The van der Waals surface area contributed by atoms with Crippen LogP contribution < -0.4 is 15.2 Å². The Morgan fingerprint density at radius 1 is 1.20 bits per heavy atom. The van der Waals surface area contributed by atoms with Gasteiger partial charge in [0.2, 0.25) is 21.8 Å². The molecular weight excluding hydrogens is 468 g/mol. The quantitative estimate of drug-likeness (QED) is 0.492. The molecule has 4 rings (SSSR count). The molecular formula is C25H24N4O5S. The molecule has 0 radical (unpaired) electrons. The van der Waals surface area contributed by atoms with Crippen LogP contribution in [0.5, 0.6) is 5.75 Å². The monoisotopic (exact) mass is 492 g/mol. The first kappa shape index (κ1) is 24.2. The van der Waals surface area contributed by atoms with Gasteiger partial charge in [-0.05, 0) is 64.7 Å². The average Bonchev–Trinajstić information content (AvgIpc) is 3.21. The zero-order chi connectivity index (χ0) is 25.2. The highest BCUT2D eigenvalue weighted by molar-refractivity contribution is 7.89. The predicted molar refractivity (Wildman–Crippen MR) is 129 cm³/mol. The maximum absolute atomic E-state index is 13.4. The Balaban J connectivity index is 1.73. The molecule has 1 saturated heterocycles. The molecule has 1 atom stereocenters. The van der Waals surface area contributed by atoms with Crippen molar-refractivity contribution in [2.24, 2.45) is 5.73 Å². The van der Waals surface area contributed by atoms with E-state index in [0.717, 1.165) is 10.9 Å². The van der Waals surface area contributed by atoms with E-state index < -0.39 is 28.4 Å². The number of nitriles is 1. The number of nitrogens with one attached hydrogen (secondary N) is 1. The van der Waals surface area contributed by atoms with Crippen molar-refractivity contribution in [3.05, 3.63) is 71.3 Å². The number of benzene rings is 3. The number of fused-ring (bicyclic) bond motifs is 1. The van der Waals surface area contributed by atoms with E-state index in [1.165, 1.54) is 13.2 Å². The summed E-state index contributed by atoms with van der Waals surface area (Å²) in [7, 11) is -2.63. The number of hydrogen-bond acceptors (Lipinski definition) is 6. The van der Waals surface area contributed by atoms with Crippen molar-refractivity contribution in [3.8, 4) is 11.8 Å². The minimum Gasteiger partial charge on any atom is -0.497 e. The van der Waals surface area contributed by atoms with Crippen LogP contribution in [0.4, 0.5) is 0 Å². The molecule has 1 heterocycles. The normalized spacial score (nSPS) is 15.8. The van der Waals surface area contributed by atoms with E-state index in [1.807, 2.05) is 6.07 Å². The third kappa shape index (κ3) is 5.11. The van der Waals surface area contributed by atoms with Gasteiger partial charge in [-0.15, -0.1) is 0 Å². The van der Waals surface area contributed by atoms with Crippen LogP contribution in [0.2, 0.25) is 0 Å². The zero-order valence-electron chi connectivity index (χ0n) is 19.0. The van der Waals surface area contributed by atoms with Crippen LogP contribution >= 0.6 is 0 Å². The van der Waals surface area contributed by atoms with Crippen molar-refractivity contribution >= 4 is 32.6 Å². The lowest BCUT2D eigenvalue weighted by Crippen LogP contribution is -2.34. The molecule has 1 aliphatic rings. The van der Waals surface area contributed by atoms with Crippen molar-refractivity contribution < 1.29 is 22.7 Å². The van der Waals surface area contributed by atoms with Gasteiger partial charge in [0, 0.05) is 13.1 Å². The first-order valence-electron chi connectivity index (χ1n) is 10.9. The van der Waals surface area contributed by atoms with Gasteiger partial charge in [0.25, 0.3) is 0 Å². The fourth-order valence-electron chi connectivity index (χ4n) is 4.29. The summed E-state index contributed by atoms with van der Waals surface area (Å²) in [5.74, 6) is -1.14. The molecule has 1 fully saturated rings. The molecule has 0 unspecified atom stereocenters. The Labute approximate surface area is 203 Å². The molecule has 3 aromatic rings. The lowest BCUT2D eigenvalue weighted by Gasteiger charge is -2.19. The number of primary amides is 1. The maximum atomic E-state index is 13.4. The standard InChI is InChI=1S/C25H24N4O5S/c1-34-20-6-5-18-11-22(23(12-19(18)10-20)35(32,33)28-14-24(27)30)21-7-8-29(25(21)31)15-17-4-2-3-16(9-17)13-26/h2-6,9-12,21,28H,7-8,14-15H2,1H3,(H2,27,30)/t21-/m0/s1. The van der Waals surface area contributed by atoms with Crippen molar-refractivity contribution in [1.82, 2.24) is 9.62 Å². The first-order valence-corrected chi connectivity index (χ1v) is 12.4. The van der Waals surface area contributed by atoms with Crippen LogP contribution in [0, 0.1) is 11.3 Å². The number of nitrogens with zero attached hydrogens (tertiary/aromatic N) is 2. The molecule has 0 aromatic heterocycles. The highest BCUT2D eigenvalue weighted by Gasteiger charge is 2.36. The summed E-state index contributed by atoms with van der Waals surface area (Å²) < 4.78 is 33.8. The second-order valence-corrected chi connectivity index (χ2v) is 10.0. The first-order chi connectivity index (χ1) is 16.7. The highest BCUT2D eigenvalue weighted by atomic mass is 32.2. The van der Waals surface area contributed by atoms with Crippen LogP contribution in [0.3, 0.4) is 0 Å². The Morgan fingerprint density at radius 3 is 2.71 bits per heavy atom. The Morgan fingerprint density at radius 2 is 2.00 bits per heavy atom. The Bertz CT molecular complexity index is 1460. The third-order valence-corrected chi connectivity index (χ3v) is 7.46. The molecule has 2 amide bonds. The summed E-state index contributed by atoms with van der Waals surface area (Å²) in [6.45, 7) is 0.199. The van der Waals surface area contributed by atoms with Crippen LogP contribution in [-0.4, -0.2) is 45.3 Å². The lowest BCUT2D eigenvalue weighted by atomic mass is 9.95. The maximum Gasteiger partial charge on any atom is 0.241 e. The number of amides is 2. The Kier molecular flexibility index (Phi) is 6.73. The van der Waals surface area contributed by atoms with E-state index >= 15 is 0 Å². The number of rotatable bonds is 8. The topological polar surface area (TPSA) is 143 Å². The highest BCUT2D eigenvalue weighted by Crippen LogP contribution is 2.37. The van der Waals surface area contributed by atoms with E-state index in [9.17, 15) is 18.0 Å². The number of nitrogens with two attached hydrogens (primary N) is 1. The molecule has 0 spiro atoms. The number of likely N-dealkylation sites (tertiary alicyclic amines) is 1. The largest absolute Gasteiger partial charge is 0.497 e. The molecule has 0 bridgehead atoms. The summed E-state index contributed by atoms with van der Waals surface area (Å²) in [4.78, 5) is 26.2. The summed E-state index contributed by atoms with van der Waals surface area (Å²) in [6.07, 6.45) is 0.427. The van der Waals surface area contributed by atoms with E-state index in [4.69, 9.17) is 15.7 Å². The van der Waals surface area contributed by atoms with Gasteiger partial charge in [-0.25, -0.2) is 13.1 Å². The smallest absolute Gasteiger partial charge is 0.241 e. The van der Waals surface area contributed by atoms with Gasteiger partial charge in [0.05, 0.1) is 36.1 Å². The zero-order valence-corrected chi connectivity index (χ0v) is 19.8. The minimum absolute atomic E-state index is 0.0776. The molecule has 0 aliphatic carbocycles. The average molecular weight is 493 g/mol. The van der Waals surface area contributed by atoms with Crippen LogP contribution in [-0.2, 0) is 26.2 Å². The number of sulfonamides is 1. The van der Waals surface area contributed by atoms with Gasteiger partial charge in [0.1, 0.15) is 5.75 Å². The van der Waals surface area contributed by atoms with Gasteiger partial charge in [-0.3, -0.25) is 9.59 Å². The van der Waals surface area contributed by atoms with Gasteiger partial charge in [-0.1, -0.05) is 18.2 Å². The fourth-order valence-corrected chi connectivity index (χ4v) is 5.57. The lowest BCUT2D eigenvalue weighted by molar-refractivity contribution is -0.129. The molecule has 9 nitrogen and oxygen atoms in total. The van der Waals surface area contributed by atoms with Gasteiger partial charge in [-0.2, -0.15) is 5.26 Å². The molecule has 3 aromatic carbocycles. The number of methoxy groups -OCH3 is 1. The van der Waals surface area contributed by atoms with Gasteiger partial charge >= 0.3 is 0 Å². The van der Waals surface area contributed by atoms with Crippen molar-refractivity contribution in [2.45, 2.75) is 23.8 Å². The van der Waals surface area contributed by atoms with E-state index in [2.05, 4.69) is 10.8 Å². The number of hydrogen-bond donors (Lipinski definition) is 2. The van der Waals surface area contributed by atoms with Gasteiger partial charge in [0.15, 0.2) is 0 Å². The summed E-state index contributed by atoms with van der Waals surface area (Å²) in [5.41, 5.74) is 6.82. The van der Waals surface area contributed by atoms with E-state index in [0.29, 0.717) is 41.8 Å². The summed E-state index contributed by atoms with van der Waals surface area (Å²) in [6, 6.07) is 17.6. The fraction of sp³-hybridized carbons (Fsp3) is 0.240. The number of carbonyl (C=O) groups is 2. The minimum atomic E-state index is -4.14. The van der Waals surface area contributed by atoms with Crippen molar-refractivity contribution in [2.75, 3.05) is 20.2 Å². The molecule has 3 N–H and O–H groups in total. The molecule has 0 saturated carbocycles. The summed E-state index contributed by atoms with van der Waals surface area (Å²) >= 11 is 0. The second-order valence-electron chi connectivity index (χ2n) is 8.31. The van der Waals surface area contributed by atoms with Crippen molar-refractivity contribution in [1.29, 1.82) is 5.26 Å². The third-order valence-electron chi connectivity index (χ3n) is 6.00. The number of carbonyl (C=O) groups excluding carboxylic acids is 2. The van der Waals surface area contributed by atoms with Crippen LogP contribution in [0.25, 0.3) is 10.8 Å². The molecule has 10 heteroatoms. The van der Waals surface area contributed by atoms with E-state index in [-0.39, 0.29) is 10.8 Å². The number of ether oxygens (including phenoxy) is 1. The van der Waals surface area contributed by atoms with E-state index in [1.54, 1.807) is 47.4 Å². The molecule has 1 aliphatic heterocycles. The molecule has 180 valence electrons. The SMILES string of the molecule is COc1ccc2cc([C@@H]3CCN(Cc4cccc(C#N)c4)C3=O)c(S(=O)(=O)NCC(N)=O)cc2c1. The van der Waals surface area contributed by atoms with Crippen molar-refractivity contribution in [3.63, 3.8) is 0 Å². The predicted octanol–water partition coefficient (Wildman–Crippen LogP) is 2.00. The van der Waals surface area contributed by atoms with Crippen LogP contribution in [0.1, 0.15) is 29.0 Å². The van der Waals surface area contributed by atoms with Crippen LogP contribution in [0.15, 0.2) is 59.5 Å². The molecule has 35 heavy (non-hydrogen) atoms.